The second kappa shape index (κ2) is 9.49. The first-order chi connectivity index (χ1) is 17.7. The predicted octanol–water partition coefficient (Wildman–Crippen LogP) is 5.75. The molecule has 3 aliphatic heterocycles. The van der Waals surface area contributed by atoms with Crippen molar-refractivity contribution in [3.63, 3.8) is 0 Å². The number of benzene rings is 1. The molecule has 4 aliphatic rings. The summed E-state index contributed by atoms with van der Waals surface area (Å²) in [6.45, 7) is 13.1. The van der Waals surface area contributed by atoms with Gasteiger partial charge in [0.1, 0.15) is 12.2 Å². The molecule has 0 aromatic heterocycles. The number of rotatable bonds is 1. The van der Waals surface area contributed by atoms with E-state index in [0.717, 1.165) is 12.0 Å². The van der Waals surface area contributed by atoms with Gasteiger partial charge in [0.2, 0.25) is 0 Å². The minimum absolute atomic E-state index is 0.00395. The third-order valence-electron chi connectivity index (χ3n) is 8.28. The van der Waals surface area contributed by atoms with E-state index in [9.17, 15) is 9.59 Å². The number of nitrogens with one attached hydrogen (secondary N) is 2. The summed E-state index contributed by atoms with van der Waals surface area (Å²) >= 11 is 0. The zero-order valence-corrected chi connectivity index (χ0v) is 23.6. The van der Waals surface area contributed by atoms with Gasteiger partial charge >= 0.3 is 11.9 Å². The SMILES string of the molecule is CC1(C)CC2CC(C)(CC3(C)CC(CC(C)(C)N3)OC(=O)c3cc(C4C=CC=CC=C4)ccc3C(=O)O2)N1. The zero-order valence-electron chi connectivity index (χ0n) is 23.6. The number of ether oxygens (including phenoxy) is 2. The van der Waals surface area contributed by atoms with Crippen LogP contribution >= 0.6 is 0 Å². The fourth-order valence-corrected chi connectivity index (χ4v) is 7.71. The van der Waals surface area contributed by atoms with Crippen molar-refractivity contribution >= 4 is 11.9 Å². The molecule has 0 radical (unpaired) electrons. The Kier molecular flexibility index (Phi) is 6.72. The summed E-state index contributed by atoms with van der Waals surface area (Å²) in [5.41, 5.74) is 0.537. The number of piperidine rings is 2. The molecule has 3 heterocycles. The highest BCUT2D eigenvalue weighted by molar-refractivity contribution is 6.03. The first-order valence-corrected chi connectivity index (χ1v) is 13.9. The van der Waals surface area contributed by atoms with E-state index >= 15 is 0 Å². The van der Waals surface area contributed by atoms with Gasteiger partial charge in [0.15, 0.2) is 0 Å². The normalized spacial score (nSPS) is 34.6. The quantitative estimate of drug-likeness (QED) is 0.461. The Morgan fingerprint density at radius 1 is 0.684 bits per heavy atom. The molecule has 0 spiro atoms. The summed E-state index contributed by atoms with van der Waals surface area (Å²) in [6, 6.07) is 5.46. The van der Waals surface area contributed by atoms with E-state index in [4.69, 9.17) is 9.47 Å². The molecule has 4 unspecified atom stereocenters. The average Bonchev–Trinajstić information content (AvgIpc) is 3.04. The highest BCUT2D eigenvalue weighted by Gasteiger charge is 2.50. The lowest BCUT2D eigenvalue weighted by atomic mass is 9.69. The molecule has 5 rings (SSSR count). The molecule has 0 saturated carbocycles. The second-order valence-electron chi connectivity index (χ2n) is 13.7. The lowest BCUT2D eigenvalue weighted by Crippen LogP contribution is -2.68. The van der Waals surface area contributed by atoms with E-state index in [1.165, 1.54) is 0 Å². The summed E-state index contributed by atoms with van der Waals surface area (Å²) in [7, 11) is 0. The van der Waals surface area contributed by atoms with E-state index in [0.29, 0.717) is 25.7 Å². The van der Waals surface area contributed by atoms with Crippen molar-refractivity contribution in [3.05, 3.63) is 71.3 Å². The van der Waals surface area contributed by atoms with Gasteiger partial charge in [-0.25, -0.2) is 9.59 Å². The van der Waals surface area contributed by atoms with Crippen molar-refractivity contribution in [2.75, 3.05) is 0 Å². The van der Waals surface area contributed by atoms with Crippen molar-refractivity contribution in [1.82, 2.24) is 10.6 Å². The van der Waals surface area contributed by atoms with Crippen LogP contribution in [0.25, 0.3) is 0 Å². The number of allylic oxidation sites excluding steroid dienone is 6. The first kappa shape index (κ1) is 26.9. The van der Waals surface area contributed by atoms with Crippen LogP contribution < -0.4 is 10.6 Å². The Bertz CT molecular complexity index is 1200. The van der Waals surface area contributed by atoms with E-state index in [-0.39, 0.29) is 51.4 Å². The Hall–Kier alpha value is -2.70. The Morgan fingerprint density at radius 2 is 1.18 bits per heavy atom. The summed E-state index contributed by atoms with van der Waals surface area (Å²) in [5, 5.41) is 7.72. The molecule has 6 heteroatoms. The minimum atomic E-state index is -0.464. The van der Waals surface area contributed by atoms with Crippen molar-refractivity contribution in [1.29, 1.82) is 0 Å². The topological polar surface area (TPSA) is 76.7 Å². The Labute approximate surface area is 226 Å². The van der Waals surface area contributed by atoms with Gasteiger partial charge < -0.3 is 20.1 Å². The van der Waals surface area contributed by atoms with Crippen LogP contribution in [-0.2, 0) is 9.47 Å². The van der Waals surface area contributed by atoms with Crippen molar-refractivity contribution in [2.45, 2.75) is 114 Å². The van der Waals surface area contributed by atoms with Crippen LogP contribution in [0.3, 0.4) is 0 Å². The standard InChI is InChI=1S/C32H42N2O4/c1-29(2)16-23-18-31(5,33-29)20-32(6)19-24(17-30(3,4)34-32)38-28(36)26-15-22(13-14-25(26)27(35)37-23)21-11-9-7-8-10-12-21/h7-15,21,23-24,33-34H,16-20H2,1-6H3. The van der Waals surface area contributed by atoms with E-state index in [1.807, 2.05) is 36.4 Å². The van der Waals surface area contributed by atoms with Crippen LogP contribution in [0.15, 0.2) is 54.7 Å². The van der Waals surface area contributed by atoms with Crippen molar-refractivity contribution in [2.24, 2.45) is 0 Å². The van der Waals surface area contributed by atoms with E-state index < -0.39 is 11.9 Å². The Balaban J connectivity index is 1.58. The van der Waals surface area contributed by atoms with Gasteiger partial charge in [-0.05, 0) is 65.7 Å². The predicted molar refractivity (Wildman–Crippen MR) is 149 cm³/mol. The van der Waals surface area contributed by atoms with Gasteiger partial charge in [0, 0.05) is 53.8 Å². The molecular weight excluding hydrogens is 476 g/mol. The number of carbonyl (C=O) groups excluding carboxylic acids is 2. The third kappa shape index (κ3) is 5.81. The smallest absolute Gasteiger partial charge is 0.339 e. The zero-order chi connectivity index (χ0) is 27.3. The number of hydrogen-bond donors (Lipinski definition) is 2. The molecule has 4 bridgehead atoms. The van der Waals surface area contributed by atoms with Gasteiger partial charge in [-0.1, -0.05) is 42.5 Å². The van der Waals surface area contributed by atoms with E-state index in [2.05, 4.69) is 64.3 Å². The van der Waals surface area contributed by atoms with Gasteiger partial charge in [0.05, 0.1) is 11.1 Å². The highest BCUT2D eigenvalue weighted by Crippen LogP contribution is 2.41. The third-order valence-corrected chi connectivity index (χ3v) is 8.28. The fraction of sp³-hybridized carbons (Fsp3) is 0.562. The maximum Gasteiger partial charge on any atom is 0.339 e. The summed E-state index contributed by atoms with van der Waals surface area (Å²) in [4.78, 5) is 27.4. The van der Waals surface area contributed by atoms with Gasteiger partial charge in [-0.2, -0.15) is 0 Å². The van der Waals surface area contributed by atoms with Crippen LogP contribution in [0.4, 0.5) is 0 Å². The molecule has 2 fully saturated rings. The van der Waals surface area contributed by atoms with Crippen LogP contribution in [0.1, 0.15) is 106 Å². The molecule has 2 saturated heterocycles. The number of carbonyl (C=O) groups is 2. The monoisotopic (exact) mass is 518 g/mol. The van der Waals surface area contributed by atoms with E-state index in [1.54, 1.807) is 6.07 Å². The molecule has 4 atom stereocenters. The van der Waals surface area contributed by atoms with Crippen LogP contribution in [0.5, 0.6) is 0 Å². The lowest BCUT2D eigenvalue weighted by molar-refractivity contribution is -0.0326. The van der Waals surface area contributed by atoms with Gasteiger partial charge in [0.25, 0.3) is 0 Å². The van der Waals surface area contributed by atoms with Crippen LogP contribution in [0, 0.1) is 0 Å². The van der Waals surface area contributed by atoms with Crippen molar-refractivity contribution < 1.29 is 19.1 Å². The molecule has 38 heavy (non-hydrogen) atoms. The van der Waals surface area contributed by atoms with Crippen molar-refractivity contribution in [3.8, 4) is 0 Å². The molecule has 0 amide bonds. The molecule has 204 valence electrons. The summed E-state index contributed by atoms with van der Waals surface area (Å²) < 4.78 is 12.4. The molecule has 1 aromatic carbocycles. The van der Waals surface area contributed by atoms with Gasteiger partial charge in [-0.3, -0.25) is 0 Å². The molecule has 1 aromatic rings. The molecule has 2 N–H and O–H groups in total. The maximum absolute atomic E-state index is 13.8. The first-order valence-electron chi connectivity index (χ1n) is 13.9. The largest absolute Gasteiger partial charge is 0.459 e. The number of fused-ring (bicyclic) bond motifs is 5. The maximum atomic E-state index is 13.8. The Morgan fingerprint density at radius 3 is 1.71 bits per heavy atom. The highest BCUT2D eigenvalue weighted by atomic mass is 16.6. The molecule has 1 aliphatic carbocycles. The number of hydrogen-bond acceptors (Lipinski definition) is 6. The fourth-order valence-electron chi connectivity index (χ4n) is 7.71. The minimum Gasteiger partial charge on any atom is -0.459 e. The van der Waals surface area contributed by atoms with Crippen LogP contribution in [0.2, 0.25) is 0 Å². The summed E-state index contributed by atoms with van der Waals surface area (Å²) in [6.07, 6.45) is 15.2. The van der Waals surface area contributed by atoms with Gasteiger partial charge in [-0.15, -0.1) is 0 Å². The van der Waals surface area contributed by atoms with Crippen LogP contribution in [-0.4, -0.2) is 46.3 Å². The number of esters is 2. The summed E-state index contributed by atoms with van der Waals surface area (Å²) in [5.74, 6) is -0.930. The average molecular weight is 519 g/mol. The molecular formula is C32H42N2O4. The molecule has 6 nitrogen and oxygen atoms in total. The lowest BCUT2D eigenvalue weighted by Gasteiger charge is -2.54. The second-order valence-corrected chi connectivity index (χ2v) is 13.7.